The van der Waals surface area contributed by atoms with Crippen molar-refractivity contribution < 1.29 is 22.5 Å². The number of nitrogens with zero attached hydrogens (tertiary/aromatic N) is 2. The molecule has 1 fully saturated rings. The number of halogens is 6. The molecule has 11 heteroatoms. The monoisotopic (exact) mass is 379 g/mol. The van der Waals surface area contributed by atoms with Gasteiger partial charge in [-0.25, -0.2) is 4.39 Å². The molecule has 2 rings (SSSR count). The van der Waals surface area contributed by atoms with Crippen molar-refractivity contribution in [2.24, 2.45) is 0 Å². The van der Waals surface area contributed by atoms with Crippen LogP contribution < -0.4 is 5.32 Å². The smallest absolute Gasteiger partial charge is 0.314 e. The Morgan fingerprint density at radius 1 is 1.22 bits per heavy atom. The molecular weight excluding hydrogens is 365 g/mol. The molecule has 1 saturated heterocycles. The summed E-state index contributed by atoms with van der Waals surface area (Å²) in [5.41, 5.74) is -1.38. The van der Waals surface area contributed by atoms with E-state index in [9.17, 15) is 27.7 Å². The number of nitro groups is 1. The van der Waals surface area contributed by atoms with E-state index in [1.165, 1.54) is 0 Å². The van der Waals surface area contributed by atoms with Crippen LogP contribution in [0.15, 0.2) is 18.2 Å². The van der Waals surface area contributed by atoms with Gasteiger partial charge in [0.25, 0.3) is 5.69 Å². The van der Waals surface area contributed by atoms with Gasteiger partial charge in [0.1, 0.15) is 11.9 Å². The second kappa shape index (κ2) is 8.62. The molecule has 1 N–H and O–H groups in total. The van der Waals surface area contributed by atoms with Crippen molar-refractivity contribution in [3.05, 3.63) is 39.7 Å². The lowest BCUT2D eigenvalue weighted by atomic mass is 10.0. The highest BCUT2D eigenvalue weighted by Crippen LogP contribution is 2.41. The summed E-state index contributed by atoms with van der Waals surface area (Å²) >= 11 is 0. The lowest BCUT2D eigenvalue weighted by Crippen LogP contribution is -2.49. The van der Waals surface area contributed by atoms with Gasteiger partial charge in [0.15, 0.2) is 0 Å². The number of hydrogen-bond donors (Lipinski definition) is 1. The standard InChI is InChI=1S/C12H13F4N3O2.2ClH/c13-8-1-2-10(19(20)21)9(7-8)11(12(14,15)16)18-5-3-17-4-6-18;;/h1-2,7,11,17H,3-6H2;2*1H/t11-;;/m0../s1. The summed E-state index contributed by atoms with van der Waals surface area (Å²) in [6.45, 7) is 0.848. The Bertz CT molecular complexity index is 540. The van der Waals surface area contributed by atoms with Crippen LogP contribution in [0.5, 0.6) is 0 Å². The summed E-state index contributed by atoms with van der Waals surface area (Å²) in [6.07, 6.45) is -4.73. The predicted molar refractivity (Wildman–Crippen MR) is 80.8 cm³/mol. The van der Waals surface area contributed by atoms with Gasteiger partial charge >= 0.3 is 6.18 Å². The van der Waals surface area contributed by atoms with Gasteiger partial charge in [0.2, 0.25) is 0 Å². The summed E-state index contributed by atoms with van der Waals surface area (Å²) in [6, 6.07) is -0.0350. The largest absolute Gasteiger partial charge is 0.408 e. The quantitative estimate of drug-likeness (QED) is 0.498. The van der Waals surface area contributed by atoms with Crippen molar-refractivity contribution in [2.75, 3.05) is 26.2 Å². The zero-order valence-electron chi connectivity index (χ0n) is 11.7. The van der Waals surface area contributed by atoms with Crippen molar-refractivity contribution in [2.45, 2.75) is 12.2 Å². The van der Waals surface area contributed by atoms with Crippen LogP contribution in [0.25, 0.3) is 0 Å². The SMILES string of the molecule is Cl.Cl.O=[N+]([O-])c1ccc(F)cc1[C@H](N1CCNCC1)C(F)(F)F. The average molecular weight is 380 g/mol. The van der Waals surface area contributed by atoms with Crippen molar-refractivity contribution in [3.63, 3.8) is 0 Å². The van der Waals surface area contributed by atoms with Crippen LogP contribution in [0.1, 0.15) is 11.6 Å². The van der Waals surface area contributed by atoms with Crippen LogP contribution in [0.4, 0.5) is 23.2 Å². The van der Waals surface area contributed by atoms with E-state index >= 15 is 0 Å². The van der Waals surface area contributed by atoms with Crippen molar-refractivity contribution in [1.29, 1.82) is 0 Å². The normalized spacial score (nSPS) is 16.9. The van der Waals surface area contributed by atoms with Gasteiger partial charge in [-0.05, 0) is 12.1 Å². The number of hydrogen-bond acceptors (Lipinski definition) is 4. The third-order valence-electron chi connectivity index (χ3n) is 3.31. The lowest BCUT2D eigenvalue weighted by molar-refractivity contribution is -0.386. The molecule has 132 valence electrons. The maximum absolute atomic E-state index is 13.4. The topological polar surface area (TPSA) is 58.4 Å². The fourth-order valence-electron chi connectivity index (χ4n) is 2.43. The van der Waals surface area contributed by atoms with Crippen LogP contribution in [-0.4, -0.2) is 42.2 Å². The van der Waals surface area contributed by atoms with Gasteiger partial charge in [0, 0.05) is 32.2 Å². The zero-order chi connectivity index (χ0) is 15.6. The maximum Gasteiger partial charge on any atom is 0.408 e. The molecule has 0 saturated carbocycles. The van der Waals surface area contributed by atoms with E-state index in [-0.39, 0.29) is 37.9 Å². The van der Waals surface area contributed by atoms with Crippen LogP contribution >= 0.6 is 24.8 Å². The first-order valence-electron chi connectivity index (χ1n) is 6.26. The third kappa shape index (κ3) is 5.17. The Morgan fingerprint density at radius 2 is 1.78 bits per heavy atom. The number of alkyl halides is 3. The molecule has 0 unspecified atom stereocenters. The fraction of sp³-hybridized carbons (Fsp3) is 0.500. The molecule has 1 aliphatic rings. The van der Waals surface area contributed by atoms with Gasteiger partial charge in [-0.1, -0.05) is 0 Å². The maximum atomic E-state index is 13.4. The Kier molecular flexibility index (Phi) is 8.19. The molecule has 5 nitrogen and oxygen atoms in total. The van der Waals surface area contributed by atoms with E-state index in [1.54, 1.807) is 0 Å². The molecule has 23 heavy (non-hydrogen) atoms. The second-order valence-electron chi connectivity index (χ2n) is 4.69. The molecule has 0 radical (unpaired) electrons. The van der Waals surface area contributed by atoms with Gasteiger partial charge < -0.3 is 5.32 Å². The molecule has 0 aliphatic carbocycles. The number of benzene rings is 1. The lowest BCUT2D eigenvalue weighted by Gasteiger charge is -2.35. The van der Waals surface area contributed by atoms with E-state index in [2.05, 4.69) is 5.32 Å². The first kappa shape index (κ1) is 21.8. The molecule has 1 aliphatic heterocycles. The van der Waals surface area contributed by atoms with Crippen LogP contribution in [-0.2, 0) is 0 Å². The fourth-order valence-corrected chi connectivity index (χ4v) is 2.43. The summed E-state index contributed by atoms with van der Waals surface area (Å²) < 4.78 is 53.4. The average Bonchev–Trinajstić information content (AvgIpc) is 2.38. The molecule has 0 aromatic heterocycles. The van der Waals surface area contributed by atoms with E-state index in [0.29, 0.717) is 19.2 Å². The molecule has 1 heterocycles. The highest BCUT2D eigenvalue weighted by Gasteiger charge is 2.47. The minimum atomic E-state index is -4.73. The minimum Gasteiger partial charge on any atom is -0.314 e. The third-order valence-corrected chi connectivity index (χ3v) is 3.31. The Hall–Kier alpha value is -1.16. The van der Waals surface area contributed by atoms with Gasteiger partial charge in [-0.3, -0.25) is 15.0 Å². The van der Waals surface area contributed by atoms with Gasteiger partial charge in [0.05, 0.1) is 10.5 Å². The van der Waals surface area contributed by atoms with Gasteiger partial charge in [-0.15, -0.1) is 24.8 Å². The highest BCUT2D eigenvalue weighted by molar-refractivity contribution is 5.85. The minimum absolute atomic E-state index is 0. The van der Waals surface area contributed by atoms with Crippen molar-refractivity contribution in [1.82, 2.24) is 10.2 Å². The molecule has 1 aromatic rings. The van der Waals surface area contributed by atoms with Crippen LogP contribution in [0.2, 0.25) is 0 Å². The predicted octanol–water partition coefficient (Wildman–Crippen LogP) is 3.09. The van der Waals surface area contributed by atoms with E-state index < -0.39 is 34.2 Å². The second-order valence-corrected chi connectivity index (χ2v) is 4.69. The van der Waals surface area contributed by atoms with Crippen LogP contribution in [0.3, 0.4) is 0 Å². The Balaban J connectivity index is 0.00000242. The van der Waals surface area contributed by atoms with Crippen molar-refractivity contribution in [3.8, 4) is 0 Å². The number of rotatable bonds is 3. The first-order chi connectivity index (χ1) is 9.80. The van der Waals surface area contributed by atoms with E-state index in [4.69, 9.17) is 0 Å². The van der Waals surface area contributed by atoms with Crippen LogP contribution in [0, 0.1) is 15.9 Å². The number of nitro benzene ring substituents is 1. The first-order valence-corrected chi connectivity index (χ1v) is 6.26. The summed E-state index contributed by atoms with van der Waals surface area (Å²) in [5, 5.41) is 13.8. The molecular formula is C12H15Cl2F4N3O2. The zero-order valence-corrected chi connectivity index (χ0v) is 13.3. The van der Waals surface area contributed by atoms with E-state index in [0.717, 1.165) is 17.0 Å². The van der Waals surface area contributed by atoms with E-state index in [1.807, 2.05) is 0 Å². The molecule has 0 spiro atoms. The molecule has 1 atom stereocenters. The number of piperazine rings is 1. The molecule has 1 aromatic carbocycles. The molecule has 0 amide bonds. The van der Waals surface area contributed by atoms with Gasteiger partial charge in [-0.2, -0.15) is 13.2 Å². The molecule has 0 bridgehead atoms. The number of nitrogens with one attached hydrogen (secondary N) is 1. The summed E-state index contributed by atoms with van der Waals surface area (Å²) in [5.74, 6) is -0.931. The van der Waals surface area contributed by atoms with Crippen molar-refractivity contribution >= 4 is 30.5 Å². The summed E-state index contributed by atoms with van der Waals surface area (Å²) in [7, 11) is 0. The highest BCUT2D eigenvalue weighted by atomic mass is 35.5. The Labute approximate surface area is 142 Å². The summed E-state index contributed by atoms with van der Waals surface area (Å²) in [4.78, 5) is 11.1. The Morgan fingerprint density at radius 3 is 2.26 bits per heavy atom.